The Bertz CT molecular complexity index is 350. The van der Waals surface area contributed by atoms with Crippen LogP contribution in [0.15, 0.2) is 24.3 Å². The van der Waals surface area contributed by atoms with Gasteiger partial charge >= 0.3 is 0 Å². The molecule has 1 aromatic carbocycles. The van der Waals surface area contributed by atoms with Gasteiger partial charge in [-0.05, 0) is 24.1 Å². The molecule has 92 valence electrons. The van der Waals surface area contributed by atoms with Gasteiger partial charge in [0.2, 0.25) is 0 Å². The Kier molecular flexibility index (Phi) is 6.32. The van der Waals surface area contributed by atoms with Crippen LogP contribution in [0.4, 0.5) is 4.39 Å². The van der Waals surface area contributed by atoms with E-state index in [4.69, 9.17) is 5.26 Å². The Labute approximate surface area is 103 Å². The fraction of sp³-hybridized carbons (Fsp3) is 0.533. The summed E-state index contributed by atoms with van der Waals surface area (Å²) in [4.78, 5) is 0. The number of benzene rings is 1. The van der Waals surface area contributed by atoms with Crippen molar-refractivity contribution in [1.82, 2.24) is 0 Å². The highest BCUT2D eigenvalue weighted by Gasteiger charge is 2.09. The molecule has 0 radical (unpaired) electrons. The van der Waals surface area contributed by atoms with Crippen LogP contribution in [-0.2, 0) is 0 Å². The monoisotopic (exact) mass is 233 g/mol. The Hall–Kier alpha value is -1.36. The third-order valence-corrected chi connectivity index (χ3v) is 3.02. The van der Waals surface area contributed by atoms with Crippen LogP contribution in [0.25, 0.3) is 0 Å². The minimum atomic E-state index is -0.242. The summed E-state index contributed by atoms with van der Waals surface area (Å²) in [5.74, 6) is -0.328. The number of halogens is 1. The molecule has 0 spiro atoms. The Morgan fingerprint density at radius 3 is 2.35 bits per heavy atom. The molecule has 0 N–H and O–H groups in total. The SMILES string of the molecule is CCCCCCC[C@@H](C#N)c1ccc(F)cc1. The van der Waals surface area contributed by atoms with Gasteiger partial charge in [-0.15, -0.1) is 0 Å². The van der Waals surface area contributed by atoms with Gasteiger partial charge in [-0.2, -0.15) is 5.26 Å². The quantitative estimate of drug-likeness (QED) is 0.621. The Morgan fingerprint density at radius 1 is 1.12 bits per heavy atom. The summed E-state index contributed by atoms with van der Waals surface area (Å²) in [5.41, 5.74) is 0.935. The Morgan fingerprint density at radius 2 is 1.76 bits per heavy atom. The third kappa shape index (κ3) is 4.99. The van der Waals surface area contributed by atoms with Crippen molar-refractivity contribution in [2.24, 2.45) is 0 Å². The van der Waals surface area contributed by atoms with Gasteiger partial charge in [0.25, 0.3) is 0 Å². The van der Waals surface area contributed by atoms with Gasteiger partial charge in [-0.1, -0.05) is 51.2 Å². The summed E-state index contributed by atoms with van der Waals surface area (Å²) in [7, 11) is 0. The van der Waals surface area contributed by atoms with Crippen molar-refractivity contribution in [3.63, 3.8) is 0 Å². The van der Waals surface area contributed by atoms with Gasteiger partial charge < -0.3 is 0 Å². The standard InChI is InChI=1S/C15H20FN/c1-2-3-4-5-6-7-14(12-17)13-8-10-15(16)11-9-13/h8-11,14H,2-7H2,1H3/t14-/m0/s1. The maximum Gasteiger partial charge on any atom is 0.123 e. The van der Waals surface area contributed by atoms with Crippen LogP contribution in [0.3, 0.4) is 0 Å². The average molecular weight is 233 g/mol. The zero-order chi connectivity index (χ0) is 12.5. The maximum absolute atomic E-state index is 12.8. The number of nitriles is 1. The first kappa shape index (κ1) is 13.7. The summed E-state index contributed by atoms with van der Waals surface area (Å²) in [6.45, 7) is 2.19. The van der Waals surface area contributed by atoms with Crippen molar-refractivity contribution < 1.29 is 4.39 Å². The molecule has 0 unspecified atom stereocenters. The van der Waals surface area contributed by atoms with E-state index in [-0.39, 0.29) is 11.7 Å². The second-order valence-electron chi connectivity index (χ2n) is 4.44. The summed E-state index contributed by atoms with van der Waals surface area (Å²) in [6.07, 6.45) is 6.90. The molecule has 1 nitrogen and oxygen atoms in total. The van der Waals surface area contributed by atoms with Gasteiger partial charge in [-0.3, -0.25) is 0 Å². The molecular formula is C15H20FN. The molecule has 0 heterocycles. The highest BCUT2D eigenvalue weighted by molar-refractivity contribution is 5.25. The second kappa shape index (κ2) is 7.84. The molecule has 0 saturated heterocycles. The zero-order valence-electron chi connectivity index (χ0n) is 10.5. The number of hydrogen-bond donors (Lipinski definition) is 0. The van der Waals surface area contributed by atoms with E-state index in [0.29, 0.717) is 0 Å². The average Bonchev–Trinajstić information content (AvgIpc) is 2.35. The van der Waals surface area contributed by atoms with Crippen molar-refractivity contribution >= 4 is 0 Å². The van der Waals surface area contributed by atoms with Crippen molar-refractivity contribution in [2.45, 2.75) is 51.4 Å². The molecule has 1 rings (SSSR count). The zero-order valence-corrected chi connectivity index (χ0v) is 10.5. The summed E-state index contributed by atoms with van der Waals surface area (Å²) in [5, 5.41) is 9.11. The first-order valence-corrected chi connectivity index (χ1v) is 6.43. The van der Waals surface area contributed by atoms with E-state index >= 15 is 0 Å². The van der Waals surface area contributed by atoms with E-state index in [0.717, 1.165) is 18.4 Å². The largest absolute Gasteiger partial charge is 0.207 e. The third-order valence-electron chi connectivity index (χ3n) is 3.02. The lowest BCUT2D eigenvalue weighted by molar-refractivity contribution is 0.588. The molecule has 2 heteroatoms. The van der Waals surface area contributed by atoms with Crippen LogP contribution in [0.1, 0.15) is 56.9 Å². The highest BCUT2D eigenvalue weighted by Crippen LogP contribution is 2.22. The predicted octanol–water partition coefficient (Wildman–Crippen LogP) is 4.79. The van der Waals surface area contributed by atoms with E-state index in [9.17, 15) is 4.39 Å². The second-order valence-corrected chi connectivity index (χ2v) is 4.44. The smallest absolute Gasteiger partial charge is 0.123 e. The van der Waals surface area contributed by atoms with Gasteiger partial charge in [0.1, 0.15) is 5.82 Å². The van der Waals surface area contributed by atoms with Crippen molar-refractivity contribution in [3.05, 3.63) is 35.6 Å². The van der Waals surface area contributed by atoms with Gasteiger partial charge in [0.15, 0.2) is 0 Å². The van der Waals surface area contributed by atoms with E-state index < -0.39 is 0 Å². The minimum Gasteiger partial charge on any atom is -0.207 e. The molecular weight excluding hydrogens is 213 g/mol. The molecule has 0 amide bonds. The first-order valence-electron chi connectivity index (χ1n) is 6.43. The molecule has 0 aliphatic heterocycles. The number of unbranched alkanes of at least 4 members (excludes halogenated alkanes) is 4. The van der Waals surface area contributed by atoms with E-state index in [1.54, 1.807) is 12.1 Å². The molecule has 17 heavy (non-hydrogen) atoms. The summed E-state index contributed by atoms with van der Waals surface area (Å²) >= 11 is 0. The molecule has 0 saturated carbocycles. The fourth-order valence-electron chi connectivity index (χ4n) is 1.95. The molecule has 0 fully saturated rings. The van der Waals surface area contributed by atoms with Crippen LogP contribution >= 0.6 is 0 Å². The summed E-state index contributed by atoms with van der Waals surface area (Å²) < 4.78 is 12.8. The summed E-state index contributed by atoms with van der Waals surface area (Å²) in [6, 6.07) is 8.60. The number of rotatable bonds is 7. The minimum absolute atomic E-state index is 0.0859. The molecule has 0 aliphatic rings. The predicted molar refractivity (Wildman–Crippen MR) is 68.1 cm³/mol. The molecule has 0 aromatic heterocycles. The van der Waals surface area contributed by atoms with E-state index in [2.05, 4.69) is 13.0 Å². The number of nitrogens with zero attached hydrogens (tertiary/aromatic N) is 1. The van der Waals surface area contributed by atoms with Crippen molar-refractivity contribution in [3.8, 4) is 6.07 Å². The van der Waals surface area contributed by atoms with Crippen LogP contribution < -0.4 is 0 Å². The number of hydrogen-bond acceptors (Lipinski definition) is 1. The lowest BCUT2D eigenvalue weighted by Gasteiger charge is -2.09. The van der Waals surface area contributed by atoms with Crippen molar-refractivity contribution in [2.75, 3.05) is 0 Å². The Balaban J connectivity index is 2.39. The van der Waals surface area contributed by atoms with Crippen LogP contribution in [0.5, 0.6) is 0 Å². The van der Waals surface area contributed by atoms with Gasteiger partial charge in [0.05, 0.1) is 12.0 Å². The highest BCUT2D eigenvalue weighted by atomic mass is 19.1. The van der Waals surface area contributed by atoms with E-state index in [1.807, 2.05) is 0 Å². The van der Waals surface area contributed by atoms with Gasteiger partial charge in [-0.25, -0.2) is 4.39 Å². The van der Waals surface area contributed by atoms with Crippen LogP contribution in [0.2, 0.25) is 0 Å². The molecule has 0 bridgehead atoms. The molecule has 1 aromatic rings. The first-order chi connectivity index (χ1) is 8.27. The lowest BCUT2D eigenvalue weighted by Crippen LogP contribution is -1.96. The maximum atomic E-state index is 12.8. The van der Waals surface area contributed by atoms with Crippen molar-refractivity contribution in [1.29, 1.82) is 5.26 Å². The van der Waals surface area contributed by atoms with Gasteiger partial charge in [0, 0.05) is 0 Å². The normalized spacial score (nSPS) is 12.1. The van der Waals surface area contributed by atoms with Crippen LogP contribution in [0, 0.1) is 17.1 Å². The topological polar surface area (TPSA) is 23.8 Å². The van der Waals surface area contributed by atoms with E-state index in [1.165, 1.54) is 37.8 Å². The van der Waals surface area contributed by atoms with Crippen LogP contribution in [-0.4, -0.2) is 0 Å². The lowest BCUT2D eigenvalue weighted by atomic mass is 9.94. The molecule has 0 aliphatic carbocycles. The molecule has 1 atom stereocenters. The fourth-order valence-corrected chi connectivity index (χ4v) is 1.95.